The van der Waals surface area contributed by atoms with Crippen LogP contribution >= 0.6 is 11.6 Å². The van der Waals surface area contributed by atoms with Gasteiger partial charge in [0.2, 0.25) is 5.28 Å². The zero-order valence-electron chi connectivity index (χ0n) is 11.0. The largest absolute Gasteiger partial charge is 0.348 e. The van der Waals surface area contributed by atoms with Crippen LogP contribution in [0.4, 0.5) is 10.2 Å². The van der Waals surface area contributed by atoms with Crippen LogP contribution in [0.1, 0.15) is 26.2 Å². The molecule has 0 radical (unpaired) electrons. The summed E-state index contributed by atoms with van der Waals surface area (Å²) in [5.74, 6) is -0.0433. The third kappa shape index (κ3) is 2.54. The predicted octanol–water partition coefficient (Wildman–Crippen LogP) is 2.33. The lowest BCUT2D eigenvalue weighted by molar-refractivity contribution is 0.115. The molecular weight excluding hydrogens is 267 g/mol. The fourth-order valence-electron chi connectivity index (χ4n) is 3.19. The first kappa shape index (κ1) is 13.1. The maximum absolute atomic E-state index is 13.9. The minimum atomic E-state index is -0.388. The molecule has 2 aliphatic heterocycles. The third-order valence-corrected chi connectivity index (χ3v) is 4.34. The van der Waals surface area contributed by atoms with Crippen molar-refractivity contribution in [2.24, 2.45) is 0 Å². The summed E-state index contributed by atoms with van der Waals surface area (Å²) in [6.07, 6.45) is 4.88. The molecule has 2 saturated heterocycles. The van der Waals surface area contributed by atoms with Gasteiger partial charge in [-0.1, -0.05) is 6.42 Å². The molecule has 3 heterocycles. The number of halogens is 2. The quantitative estimate of drug-likeness (QED) is 0.741. The Hall–Kier alpha value is -0.940. The molecular formula is C13H18ClFN4. The first-order valence-electron chi connectivity index (χ1n) is 6.84. The summed E-state index contributed by atoms with van der Waals surface area (Å²) in [6, 6.07) is 0.757. The van der Waals surface area contributed by atoms with Crippen molar-refractivity contribution in [2.45, 2.75) is 38.3 Å². The number of piperidine rings is 1. The van der Waals surface area contributed by atoms with Crippen LogP contribution in [0.25, 0.3) is 0 Å². The van der Waals surface area contributed by atoms with Crippen molar-refractivity contribution in [2.75, 3.05) is 24.5 Å². The lowest BCUT2D eigenvalue weighted by atomic mass is 9.97. The average molecular weight is 285 g/mol. The van der Waals surface area contributed by atoms with Gasteiger partial charge in [0, 0.05) is 25.2 Å². The van der Waals surface area contributed by atoms with Gasteiger partial charge in [-0.15, -0.1) is 0 Å². The molecule has 0 aromatic carbocycles. The molecule has 2 atom stereocenters. The van der Waals surface area contributed by atoms with Gasteiger partial charge < -0.3 is 4.90 Å². The van der Waals surface area contributed by atoms with Gasteiger partial charge in [-0.2, -0.15) is 4.98 Å². The smallest absolute Gasteiger partial charge is 0.224 e. The molecule has 6 heteroatoms. The molecule has 19 heavy (non-hydrogen) atoms. The highest BCUT2D eigenvalue weighted by Crippen LogP contribution is 2.28. The Kier molecular flexibility index (Phi) is 3.58. The lowest BCUT2D eigenvalue weighted by Crippen LogP contribution is -2.59. The highest BCUT2D eigenvalue weighted by molar-refractivity contribution is 6.28. The van der Waals surface area contributed by atoms with E-state index in [1.807, 2.05) is 4.90 Å². The zero-order valence-corrected chi connectivity index (χ0v) is 11.8. The van der Waals surface area contributed by atoms with Crippen molar-refractivity contribution in [3.63, 3.8) is 0 Å². The van der Waals surface area contributed by atoms with E-state index < -0.39 is 0 Å². The van der Waals surface area contributed by atoms with Crippen LogP contribution in [0, 0.1) is 5.82 Å². The molecule has 3 rings (SSSR count). The van der Waals surface area contributed by atoms with Crippen molar-refractivity contribution in [1.29, 1.82) is 0 Å². The molecule has 104 valence electrons. The topological polar surface area (TPSA) is 32.3 Å². The van der Waals surface area contributed by atoms with Crippen molar-refractivity contribution < 1.29 is 4.39 Å². The summed E-state index contributed by atoms with van der Waals surface area (Å²) in [6.45, 7) is 5.06. The molecule has 0 aliphatic carbocycles. The second-order valence-corrected chi connectivity index (χ2v) is 5.79. The van der Waals surface area contributed by atoms with Crippen molar-refractivity contribution in [1.82, 2.24) is 14.9 Å². The van der Waals surface area contributed by atoms with Crippen LogP contribution in [-0.2, 0) is 0 Å². The molecule has 0 saturated carbocycles. The third-order valence-electron chi connectivity index (χ3n) is 4.16. The number of hydrogen-bond acceptors (Lipinski definition) is 4. The van der Waals surface area contributed by atoms with Gasteiger partial charge in [-0.3, -0.25) is 4.90 Å². The Morgan fingerprint density at radius 2 is 2.21 bits per heavy atom. The maximum atomic E-state index is 13.9. The van der Waals surface area contributed by atoms with Gasteiger partial charge in [-0.25, -0.2) is 9.37 Å². The fourth-order valence-corrected chi connectivity index (χ4v) is 3.31. The van der Waals surface area contributed by atoms with E-state index in [0.29, 0.717) is 11.9 Å². The van der Waals surface area contributed by atoms with E-state index in [1.165, 1.54) is 19.3 Å². The molecule has 2 fully saturated rings. The number of piperazine rings is 1. The summed E-state index contributed by atoms with van der Waals surface area (Å²) < 4.78 is 13.9. The van der Waals surface area contributed by atoms with Gasteiger partial charge in [0.15, 0.2) is 11.6 Å². The minimum absolute atomic E-state index is 0.106. The molecule has 0 bridgehead atoms. The van der Waals surface area contributed by atoms with Crippen molar-refractivity contribution in [3.8, 4) is 0 Å². The van der Waals surface area contributed by atoms with Gasteiger partial charge in [0.25, 0.3) is 0 Å². The highest BCUT2D eigenvalue weighted by Gasteiger charge is 2.34. The molecule has 2 aliphatic rings. The maximum Gasteiger partial charge on any atom is 0.224 e. The number of anilines is 1. The molecule has 0 amide bonds. The van der Waals surface area contributed by atoms with Gasteiger partial charge >= 0.3 is 0 Å². The normalized spacial score (nSPS) is 28.3. The van der Waals surface area contributed by atoms with Crippen LogP contribution in [0.3, 0.4) is 0 Å². The van der Waals surface area contributed by atoms with E-state index >= 15 is 0 Å². The average Bonchev–Trinajstić information content (AvgIpc) is 2.41. The zero-order chi connectivity index (χ0) is 13.4. The van der Waals surface area contributed by atoms with Gasteiger partial charge in [0.1, 0.15) is 0 Å². The summed E-state index contributed by atoms with van der Waals surface area (Å²) in [5.41, 5.74) is 0. The standard InChI is InChI=1S/C13H18ClFN4/c1-9-7-18-5-3-2-4-10(18)8-19(9)12-11(15)6-16-13(14)17-12/h6,9-10H,2-5,7-8H2,1H3. The van der Waals surface area contributed by atoms with Gasteiger partial charge in [0.05, 0.1) is 6.20 Å². The van der Waals surface area contributed by atoms with Crippen LogP contribution in [-0.4, -0.2) is 46.6 Å². The summed E-state index contributed by atoms with van der Waals surface area (Å²) in [5, 5.41) is 0.106. The molecule has 1 aromatic heterocycles. The predicted molar refractivity (Wildman–Crippen MR) is 73.0 cm³/mol. The van der Waals surface area contributed by atoms with E-state index in [4.69, 9.17) is 11.6 Å². The van der Waals surface area contributed by atoms with Crippen LogP contribution in [0.15, 0.2) is 6.20 Å². The number of hydrogen-bond donors (Lipinski definition) is 0. The van der Waals surface area contributed by atoms with E-state index in [2.05, 4.69) is 21.8 Å². The van der Waals surface area contributed by atoms with Gasteiger partial charge in [-0.05, 0) is 37.9 Å². The Morgan fingerprint density at radius 3 is 3.05 bits per heavy atom. The van der Waals surface area contributed by atoms with Crippen LogP contribution < -0.4 is 4.90 Å². The van der Waals surface area contributed by atoms with Crippen LogP contribution in [0.2, 0.25) is 5.28 Å². The molecule has 0 spiro atoms. The lowest BCUT2D eigenvalue weighted by Gasteiger charge is -2.47. The van der Waals surface area contributed by atoms with E-state index in [0.717, 1.165) is 25.8 Å². The Morgan fingerprint density at radius 1 is 1.37 bits per heavy atom. The Balaban J connectivity index is 1.85. The van der Waals surface area contributed by atoms with Crippen molar-refractivity contribution >= 4 is 17.4 Å². The number of nitrogens with zero attached hydrogens (tertiary/aromatic N) is 4. The minimum Gasteiger partial charge on any atom is -0.348 e. The summed E-state index contributed by atoms with van der Waals surface area (Å²) in [7, 11) is 0. The first-order chi connectivity index (χ1) is 9.15. The van der Waals surface area contributed by atoms with E-state index in [1.54, 1.807) is 0 Å². The first-order valence-corrected chi connectivity index (χ1v) is 7.21. The number of aromatic nitrogens is 2. The molecule has 0 N–H and O–H groups in total. The fraction of sp³-hybridized carbons (Fsp3) is 0.692. The Labute approximate surface area is 117 Å². The second-order valence-electron chi connectivity index (χ2n) is 5.46. The van der Waals surface area contributed by atoms with E-state index in [-0.39, 0.29) is 17.1 Å². The second kappa shape index (κ2) is 5.21. The molecule has 2 unspecified atom stereocenters. The monoisotopic (exact) mass is 284 g/mol. The van der Waals surface area contributed by atoms with E-state index in [9.17, 15) is 4.39 Å². The summed E-state index contributed by atoms with van der Waals surface area (Å²) in [4.78, 5) is 12.3. The summed E-state index contributed by atoms with van der Waals surface area (Å²) >= 11 is 5.80. The SMILES string of the molecule is CC1CN2CCCCC2CN1c1nc(Cl)ncc1F. The molecule has 1 aromatic rings. The van der Waals surface area contributed by atoms with Crippen LogP contribution in [0.5, 0.6) is 0 Å². The highest BCUT2D eigenvalue weighted by atomic mass is 35.5. The van der Waals surface area contributed by atoms with Crippen molar-refractivity contribution in [3.05, 3.63) is 17.3 Å². The molecule has 4 nitrogen and oxygen atoms in total. The Bertz CT molecular complexity index is 470. The number of rotatable bonds is 1. The number of fused-ring (bicyclic) bond motifs is 1.